The summed E-state index contributed by atoms with van der Waals surface area (Å²) in [6.07, 6.45) is 1.12. The number of rotatable bonds is 7. The van der Waals surface area contributed by atoms with E-state index in [0.717, 1.165) is 0 Å². The van der Waals surface area contributed by atoms with Gasteiger partial charge in [0.1, 0.15) is 6.61 Å². The van der Waals surface area contributed by atoms with Crippen LogP contribution in [0.2, 0.25) is 0 Å². The number of carbonyl (C=O) groups is 3. The normalized spacial score (nSPS) is 10.9. The molecular weight excluding hydrogens is 278 g/mol. The van der Waals surface area contributed by atoms with Crippen molar-refractivity contribution < 1.29 is 34.5 Å². The number of aliphatic carboxylic acids is 2. The van der Waals surface area contributed by atoms with Crippen LogP contribution >= 0.6 is 0 Å². The summed E-state index contributed by atoms with van der Waals surface area (Å²) in [4.78, 5) is 43.4. The third-order valence-corrected chi connectivity index (χ3v) is 1.38. The largest absolute Gasteiger partial charge is 0.478 e. The zero-order valence-electron chi connectivity index (χ0n) is 10.5. The lowest BCUT2D eigenvalue weighted by Gasteiger charge is -2.05. The summed E-state index contributed by atoms with van der Waals surface area (Å²) in [6.45, 7) is 1.44. The Kier molecular flexibility index (Phi) is 11.2. The predicted molar refractivity (Wildman–Crippen MR) is 64.0 cm³/mol. The summed E-state index contributed by atoms with van der Waals surface area (Å²) in [6, 6.07) is -0.611. The van der Waals surface area contributed by atoms with Gasteiger partial charge in [-0.05, 0) is 6.92 Å². The summed E-state index contributed by atoms with van der Waals surface area (Å²) < 4.78 is 0. The number of amides is 1. The molecule has 11 heteroatoms. The molecule has 0 aromatic rings. The maximum atomic E-state index is 10.7. The number of nitrogens with two attached hydrogens (primary N) is 1. The fourth-order valence-electron chi connectivity index (χ4n) is 0.598. The van der Waals surface area contributed by atoms with Crippen molar-refractivity contribution in [2.45, 2.75) is 13.0 Å². The molecule has 0 aromatic carbocycles. The van der Waals surface area contributed by atoms with Gasteiger partial charge in [0.15, 0.2) is 0 Å². The van der Waals surface area contributed by atoms with E-state index in [1.165, 1.54) is 6.92 Å². The minimum atomic E-state index is -1.26. The second kappa shape index (κ2) is 11.4. The summed E-state index contributed by atoms with van der Waals surface area (Å²) in [5, 5.41) is 26.7. The van der Waals surface area contributed by atoms with E-state index in [0.29, 0.717) is 12.2 Å². The van der Waals surface area contributed by atoms with Gasteiger partial charge in [-0.2, -0.15) is 0 Å². The fourth-order valence-corrected chi connectivity index (χ4v) is 0.598. The number of nitrogens with zero attached hydrogens (tertiary/aromatic N) is 1. The number of carboxylic acid groups (broad SMARTS) is 2. The highest BCUT2D eigenvalue weighted by Gasteiger charge is 2.05. The number of hydrogen-bond acceptors (Lipinski definition) is 7. The van der Waals surface area contributed by atoms with E-state index in [4.69, 9.17) is 15.9 Å². The molecule has 0 fully saturated rings. The van der Waals surface area contributed by atoms with E-state index < -0.39 is 23.1 Å². The molecule has 0 rings (SSSR count). The van der Waals surface area contributed by atoms with Crippen LogP contribution in [0.25, 0.3) is 0 Å². The van der Waals surface area contributed by atoms with E-state index in [2.05, 4.69) is 10.2 Å². The van der Waals surface area contributed by atoms with Gasteiger partial charge in [0, 0.05) is 18.7 Å². The molecule has 0 aromatic heterocycles. The van der Waals surface area contributed by atoms with E-state index >= 15 is 0 Å². The molecule has 0 aliphatic heterocycles. The average Bonchev–Trinajstić information content (AvgIpc) is 2.32. The van der Waals surface area contributed by atoms with Crippen LogP contribution in [-0.2, 0) is 19.2 Å². The Morgan fingerprint density at radius 2 is 1.80 bits per heavy atom. The number of carbonyl (C=O) groups excluding carboxylic acids is 1. The van der Waals surface area contributed by atoms with Crippen molar-refractivity contribution in [3.8, 4) is 0 Å². The first-order chi connectivity index (χ1) is 9.16. The van der Waals surface area contributed by atoms with Crippen LogP contribution in [0, 0.1) is 10.1 Å². The van der Waals surface area contributed by atoms with Crippen molar-refractivity contribution >= 4 is 17.8 Å². The SMILES string of the molecule is CC(N)C(=O)NCCO[N+](=O)[O-].O=C(O)C=CC(=O)O. The smallest absolute Gasteiger partial charge is 0.328 e. The number of carboxylic acids is 2. The highest BCUT2D eigenvalue weighted by Crippen LogP contribution is 1.76. The molecule has 20 heavy (non-hydrogen) atoms. The van der Waals surface area contributed by atoms with Gasteiger partial charge in [0.05, 0.1) is 6.04 Å². The molecule has 5 N–H and O–H groups in total. The molecule has 0 saturated carbocycles. The molecule has 0 aliphatic rings. The number of hydrogen-bond donors (Lipinski definition) is 4. The van der Waals surface area contributed by atoms with Crippen LogP contribution in [0.5, 0.6) is 0 Å². The lowest BCUT2D eigenvalue weighted by molar-refractivity contribution is -0.757. The molecule has 114 valence electrons. The van der Waals surface area contributed by atoms with Crippen molar-refractivity contribution in [3.63, 3.8) is 0 Å². The van der Waals surface area contributed by atoms with Crippen molar-refractivity contribution in [1.29, 1.82) is 0 Å². The summed E-state index contributed by atoms with van der Waals surface area (Å²) in [5.41, 5.74) is 5.19. The minimum absolute atomic E-state index is 0.0847. The molecular formula is C9H15N3O8. The third-order valence-electron chi connectivity index (χ3n) is 1.38. The average molecular weight is 293 g/mol. The second-order valence-corrected chi connectivity index (χ2v) is 3.15. The monoisotopic (exact) mass is 293 g/mol. The molecule has 0 aliphatic carbocycles. The Hall–Kier alpha value is -2.69. The Labute approximate surface area is 113 Å². The van der Waals surface area contributed by atoms with E-state index in [-0.39, 0.29) is 19.1 Å². The Balaban J connectivity index is 0. The lowest BCUT2D eigenvalue weighted by atomic mass is 10.3. The molecule has 0 spiro atoms. The molecule has 1 amide bonds. The molecule has 1 unspecified atom stereocenters. The fraction of sp³-hybridized carbons (Fsp3) is 0.444. The zero-order chi connectivity index (χ0) is 16.1. The van der Waals surface area contributed by atoms with E-state index in [1.807, 2.05) is 0 Å². The van der Waals surface area contributed by atoms with E-state index in [9.17, 15) is 24.5 Å². The molecule has 11 nitrogen and oxygen atoms in total. The van der Waals surface area contributed by atoms with Crippen LogP contribution in [0.15, 0.2) is 12.2 Å². The molecule has 0 bridgehead atoms. The van der Waals surface area contributed by atoms with Crippen molar-refractivity contribution in [2.75, 3.05) is 13.2 Å². The standard InChI is InChI=1S/C5H11N3O4.C4H4O4/c1-4(6)5(9)7-2-3-12-8(10)11;5-3(6)1-2-4(7)8/h4H,2-3,6H2,1H3,(H,7,9);1-2H,(H,5,6)(H,7,8). The highest BCUT2D eigenvalue weighted by atomic mass is 16.9. The van der Waals surface area contributed by atoms with Crippen LogP contribution < -0.4 is 11.1 Å². The summed E-state index contributed by atoms with van der Waals surface area (Å²) in [7, 11) is 0. The van der Waals surface area contributed by atoms with Crippen LogP contribution in [-0.4, -0.2) is 52.3 Å². The lowest BCUT2D eigenvalue weighted by Crippen LogP contribution is -2.39. The topological polar surface area (TPSA) is 182 Å². The van der Waals surface area contributed by atoms with Gasteiger partial charge < -0.3 is 26.1 Å². The molecule has 0 heterocycles. The van der Waals surface area contributed by atoms with E-state index in [1.54, 1.807) is 0 Å². The Bertz CT molecular complexity index is 363. The minimum Gasteiger partial charge on any atom is -0.478 e. The first-order valence-corrected chi connectivity index (χ1v) is 5.11. The predicted octanol–water partition coefficient (Wildman–Crippen LogP) is -1.63. The van der Waals surface area contributed by atoms with Crippen molar-refractivity contribution in [3.05, 3.63) is 22.3 Å². The Morgan fingerprint density at radius 1 is 1.35 bits per heavy atom. The molecule has 1 atom stereocenters. The second-order valence-electron chi connectivity index (χ2n) is 3.15. The maximum Gasteiger partial charge on any atom is 0.328 e. The van der Waals surface area contributed by atoms with Crippen molar-refractivity contribution in [2.24, 2.45) is 5.73 Å². The first-order valence-electron chi connectivity index (χ1n) is 5.11. The van der Waals surface area contributed by atoms with Gasteiger partial charge in [-0.15, -0.1) is 10.1 Å². The van der Waals surface area contributed by atoms with Crippen LogP contribution in [0.3, 0.4) is 0 Å². The van der Waals surface area contributed by atoms with Gasteiger partial charge in [0.2, 0.25) is 5.91 Å². The van der Waals surface area contributed by atoms with Gasteiger partial charge in [-0.25, -0.2) is 9.59 Å². The third kappa shape index (κ3) is 17.7. The quantitative estimate of drug-likeness (QED) is 0.185. The first kappa shape index (κ1) is 19.6. The van der Waals surface area contributed by atoms with Crippen molar-refractivity contribution in [1.82, 2.24) is 5.32 Å². The summed E-state index contributed by atoms with van der Waals surface area (Å²) in [5.74, 6) is -2.87. The number of nitrogens with one attached hydrogen (secondary N) is 1. The van der Waals surface area contributed by atoms with Crippen LogP contribution in [0.1, 0.15) is 6.92 Å². The molecule has 0 saturated heterocycles. The van der Waals surface area contributed by atoms with Gasteiger partial charge >= 0.3 is 11.9 Å². The van der Waals surface area contributed by atoms with Gasteiger partial charge in [0.25, 0.3) is 5.09 Å². The highest BCUT2D eigenvalue weighted by molar-refractivity contribution is 5.89. The van der Waals surface area contributed by atoms with Crippen LogP contribution in [0.4, 0.5) is 0 Å². The summed E-state index contributed by atoms with van der Waals surface area (Å²) >= 11 is 0. The Morgan fingerprint density at radius 3 is 2.10 bits per heavy atom. The van der Waals surface area contributed by atoms with Gasteiger partial charge in [-0.3, -0.25) is 4.79 Å². The van der Waals surface area contributed by atoms with Gasteiger partial charge in [-0.1, -0.05) is 0 Å². The molecule has 0 radical (unpaired) electrons. The maximum absolute atomic E-state index is 10.7. The zero-order valence-corrected chi connectivity index (χ0v) is 10.5.